The molecule has 38 heavy (non-hydrogen) atoms. The number of benzene rings is 1. The van der Waals surface area contributed by atoms with Gasteiger partial charge in [0.1, 0.15) is 17.7 Å². The summed E-state index contributed by atoms with van der Waals surface area (Å²) in [5, 5.41) is 12.7. The molecule has 0 spiro atoms. The van der Waals surface area contributed by atoms with Gasteiger partial charge in [-0.3, -0.25) is 24.8 Å². The van der Waals surface area contributed by atoms with Crippen LogP contribution in [-0.4, -0.2) is 74.2 Å². The zero-order valence-corrected chi connectivity index (χ0v) is 21.2. The quantitative estimate of drug-likeness (QED) is 0.0597. The van der Waals surface area contributed by atoms with Crippen molar-refractivity contribution in [3.05, 3.63) is 35.4 Å². The second kappa shape index (κ2) is 16.3. The van der Waals surface area contributed by atoms with Gasteiger partial charge < -0.3 is 42.1 Å². The largest absolute Gasteiger partial charge is 0.468 e. The van der Waals surface area contributed by atoms with Crippen LogP contribution in [0, 0.1) is 5.41 Å². The normalized spacial score (nSPS) is 12.7. The van der Waals surface area contributed by atoms with Crippen LogP contribution in [0.5, 0.6) is 0 Å². The van der Waals surface area contributed by atoms with Crippen molar-refractivity contribution in [2.24, 2.45) is 22.2 Å². The number of aliphatic imine (C=N–C) groups is 1. The highest BCUT2D eigenvalue weighted by molar-refractivity contribution is 5.96. The van der Waals surface area contributed by atoms with Crippen LogP contribution in [0.3, 0.4) is 0 Å². The van der Waals surface area contributed by atoms with Crippen molar-refractivity contribution in [1.82, 2.24) is 10.6 Å². The van der Waals surface area contributed by atoms with E-state index in [0.29, 0.717) is 30.3 Å². The average molecular weight is 534 g/mol. The Morgan fingerprint density at radius 3 is 2.53 bits per heavy atom. The predicted octanol–water partition coefficient (Wildman–Crippen LogP) is -0.742. The van der Waals surface area contributed by atoms with Gasteiger partial charge in [0.25, 0.3) is 6.47 Å². The second-order valence-electron chi connectivity index (χ2n) is 8.39. The molecule has 1 aromatic carbocycles. The molecule has 0 aliphatic rings. The van der Waals surface area contributed by atoms with E-state index in [1.165, 1.54) is 0 Å². The zero-order valence-electron chi connectivity index (χ0n) is 21.2. The number of Topliss-reactive ketones (excluding diaryl/α,β-unsaturated/α-hetero) is 1. The highest BCUT2D eigenvalue weighted by Gasteiger charge is 2.40. The van der Waals surface area contributed by atoms with Gasteiger partial charge in [0, 0.05) is 37.8 Å². The summed E-state index contributed by atoms with van der Waals surface area (Å²) < 4.78 is 9.49. The fourth-order valence-corrected chi connectivity index (χ4v) is 3.67. The number of nitrogen functional groups attached to an aromatic ring is 1. The van der Waals surface area contributed by atoms with Gasteiger partial charge in [-0.05, 0) is 24.5 Å². The first-order chi connectivity index (χ1) is 18.1. The van der Waals surface area contributed by atoms with Gasteiger partial charge in [0.2, 0.25) is 5.91 Å². The van der Waals surface area contributed by atoms with Crippen molar-refractivity contribution >= 4 is 42.3 Å². The topological polar surface area (TPSA) is 242 Å². The lowest BCUT2D eigenvalue weighted by Crippen LogP contribution is -2.57. The third kappa shape index (κ3) is 11.1. The summed E-state index contributed by atoms with van der Waals surface area (Å²) in [6.45, 7) is 0.293. The predicted molar refractivity (Wildman–Crippen MR) is 138 cm³/mol. The monoisotopic (exact) mass is 533 g/mol. The van der Waals surface area contributed by atoms with E-state index >= 15 is 0 Å². The summed E-state index contributed by atoms with van der Waals surface area (Å²) in [5.74, 6) is -1.34. The summed E-state index contributed by atoms with van der Waals surface area (Å²) in [7, 11) is 1.13. The van der Waals surface area contributed by atoms with Crippen LogP contribution >= 0.6 is 0 Å². The van der Waals surface area contributed by atoms with Gasteiger partial charge >= 0.3 is 6.09 Å². The number of hydrogen-bond donors (Lipinski definition) is 6. The molecule has 14 heteroatoms. The van der Waals surface area contributed by atoms with E-state index in [1.54, 1.807) is 24.3 Å². The molecule has 0 saturated carbocycles. The van der Waals surface area contributed by atoms with Gasteiger partial charge in [-0.15, -0.1) is 0 Å². The van der Waals surface area contributed by atoms with Crippen molar-refractivity contribution in [3.63, 3.8) is 0 Å². The number of nitrogens with two attached hydrogens (primary N) is 3. The number of amidine groups is 1. The van der Waals surface area contributed by atoms with E-state index in [0.717, 1.165) is 7.11 Å². The van der Waals surface area contributed by atoms with Crippen molar-refractivity contribution in [2.45, 2.75) is 50.1 Å². The van der Waals surface area contributed by atoms with Crippen LogP contribution in [0.25, 0.3) is 0 Å². The molecule has 0 radical (unpaired) electrons. The number of carbonyl (C=O) groups excluding carboxylic acids is 5. The molecule has 1 rings (SSSR count). The molecule has 2 amide bonds. The molecule has 0 saturated heterocycles. The average Bonchev–Trinajstić information content (AvgIpc) is 2.88. The molecule has 0 fully saturated rings. The molecule has 9 N–H and O–H groups in total. The number of guanidine groups is 1. The number of aldehydes is 1. The Labute approximate surface area is 220 Å². The fraction of sp³-hybridized carbons (Fsp3) is 0.458. The molecule has 0 aromatic heterocycles. The summed E-state index contributed by atoms with van der Waals surface area (Å²) in [5.41, 5.74) is 15.4. The first-order valence-corrected chi connectivity index (χ1v) is 11.7. The summed E-state index contributed by atoms with van der Waals surface area (Å²) in [6, 6.07) is 5.73. The summed E-state index contributed by atoms with van der Waals surface area (Å²) >= 11 is 0. The molecule has 2 atom stereocenters. The number of carbonyl (C=O) groups is 5. The molecule has 0 unspecified atom stereocenters. The Balaban J connectivity index is 3.06. The standard InChI is InChI=1S/C24H35N7O7/c1-37-23(36)31-24(9-11-38-15-33,13-16-4-2-5-17(12-16)21(25)26)19(34)7-8-20(35)30-18(14-32)6-3-10-29-22(27)28/h2,4-5,12,14-15,18H,3,6-11,13H2,1H3,(H3,25,26)(H,30,35)(H,31,36)(H4,27,28,29)/t18-,24+/m0/s1. The van der Waals surface area contributed by atoms with Crippen molar-refractivity contribution < 1.29 is 33.4 Å². The van der Waals surface area contributed by atoms with Crippen LogP contribution in [0.15, 0.2) is 29.3 Å². The molecule has 208 valence electrons. The van der Waals surface area contributed by atoms with Gasteiger partial charge in [-0.2, -0.15) is 0 Å². The number of ketones is 1. The van der Waals surface area contributed by atoms with Crippen molar-refractivity contribution in [1.29, 1.82) is 5.41 Å². The molecule has 0 bridgehead atoms. The number of hydrogen-bond acceptors (Lipinski definition) is 9. The van der Waals surface area contributed by atoms with Crippen LogP contribution < -0.4 is 27.8 Å². The Hall–Kier alpha value is -4.49. The van der Waals surface area contributed by atoms with Crippen LogP contribution in [0.2, 0.25) is 0 Å². The third-order valence-electron chi connectivity index (χ3n) is 5.58. The maximum absolute atomic E-state index is 13.5. The van der Waals surface area contributed by atoms with Crippen LogP contribution in [-0.2, 0) is 35.1 Å². The number of amides is 2. The lowest BCUT2D eigenvalue weighted by Gasteiger charge is -2.33. The van der Waals surface area contributed by atoms with Gasteiger partial charge in [0.05, 0.1) is 19.8 Å². The Morgan fingerprint density at radius 2 is 1.92 bits per heavy atom. The van der Waals surface area contributed by atoms with E-state index in [-0.39, 0.29) is 57.1 Å². The van der Waals surface area contributed by atoms with Crippen LogP contribution in [0.4, 0.5) is 4.79 Å². The lowest BCUT2D eigenvalue weighted by atomic mass is 9.81. The first-order valence-electron chi connectivity index (χ1n) is 11.7. The molecule has 0 aliphatic carbocycles. The number of rotatable bonds is 18. The van der Waals surface area contributed by atoms with E-state index < -0.39 is 29.4 Å². The third-order valence-corrected chi connectivity index (χ3v) is 5.58. The SMILES string of the molecule is COC(=O)N[C@](CCOC=O)(Cc1cccc(C(=N)N)c1)C(=O)CCC(=O)N[C@H](C=O)CCCN=C(N)N. The molecular formula is C24H35N7O7. The lowest BCUT2D eigenvalue weighted by molar-refractivity contribution is -0.133. The number of nitrogens with one attached hydrogen (secondary N) is 3. The Bertz CT molecular complexity index is 1030. The highest BCUT2D eigenvalue weighted by atomic mass is 16.5. The minimum Gasteiger partial charge on any atom is -0.468 e. The van der Waals surface area contributed by atoms with E-state index in [1.807, 2.05) is 0 Å². The number of ether oxygens (including phenoxy) is 2. The minimum absolute atomic E-state index is 0.0619. The molecule has 0 aliphatic heterocycles. The highest BCUT2D eigenvalue weighted by Crippen LogP contribution is 2.23. The van der Waals surface area contributed by atoms with Crippen molar-refractivity contribution in [3.8, 4) is 0 Å². The maximum Gasteiger partial charge on any atom is 0.407 e. The van der Waals surface area contributed by atoms with E-state index in [2.05, 4.69) is 15.6 Å². The van der Waals surface area contributed by atoms with Crippen molar-refractivity contribution in [2.75, 3.05) is 20.3 Å². The Kier molecular flexibility index (Phi) is 13.5. The van der Waals surface area contributed by atoms with Crippen LogP contribution in [0.1, 0.15) is 43.2 Å². The summed E-state index contributed by atoms with van der Waals surface area (Å²) in [4.78, 5) is 64.1. The first kappa shape index (κ1) is 31.5. The molecule has 1 aromatic rings. The molecule has 0 heterocycles. The zero-order chi connectivity index (χ0) is 28.6. The maximum atomic E-state index is 13.5. The molecule has 14 nitrogen and oxygen atoms in total. The minimum atomic E-state index is -1.62. The van der Waals surface area contributed by atoms with E-state index in [4.69, 9.17) is 32.1 Å². The number of methoxy groups -OCH3 is 1. The number of alkyl carbamates (subject to hydrolysis) is 1. The number of nitrogens with zero attached hydrogens (tertiary/aromatic N) is 1. The fourth-order valence-electron chi connectivity index (χ4n) is 3.67. The second-order valence-corrected chi connectivity index (χ2v) is 8.39. The smallest absolute Gasteiger partial charge is 0.407 e. The molecular weight excluding hydrogens is 498 g/mol. The van der Waals surface area contributed by atoms with Gasteiger partial charge in [-0.1, -0.05) is 18.2 Å². The van der Waals surface area contributed by atoms with Gasteiger partial charge in [0.15, 0.2) is 11.7 Å². The van der Waals surface area contributed by atoms with Gasteiger partial charge in [-0.25, -0.2) is 4.79 Å². The Morgan fingerprint density at radius 1 is 1.18 bits per heavy atom. The van der Waals surface area contributed by atoms with E-state index in [9.17, 15) is 24.0 Å². The summed E-state index contributed by atoms with van der Waals surface area (Å²) in [6.07, 6.45) is -0.338.